The van der Waals surface area contributed by atoms with Crippen LogP contribution < -0.4 is 19.5 Å². The van der Waals surface area contributed by atoms with Gasteiger partial charge in [-0.05, 0) is 60.7 Å². The molecular formula is C23H24N2O6S. The smallest absolute Gasteiger partial charge is 0.261 e. The maximum atomic E-state index is 12.9. The summed E-state index contributed by atoms with van der Waals surface area (Å²) in [6.07, 6.45) is 0. The lowest BCUT2D eigenvalue weighted by Crippen LogP contribution is -2.18. The summed E-state index contributed by atoms with van der Waals surface area (Å²) in [4.78, 5) is 12.8. The second-order valence-electron chi connectivity index (χ2n) is 6.65. The van der Waals surface area contributed by atoms with Crippen LogP contribution >= 0.6 is 0 Å². The van der Waals surface area contributed by atoms with Crippen molar-refractivity contribution in [2.24, 2.45) is 0 Å². The number of rotatable bonds is 10. The second-order valence-corrected chi connectivity index (χ2v) is 8.33. The van der Waals surface area contributed by atoms with Crippen LogP contribution in [0.1, 0.15) is 10.4 Å². The Kier molecular flexibility index (Phi) is 7.69. The number of nitrogens with one attached hydrogen (secondary N) is 2. The first-order valence-electron chi connectivity index (χ1n) is 9.72. The standard InChI is InChI=1S/C23H24N2O6S/c1-29-15-16-31-19-11-13-20(14-12-19)32(27,28)25-22-6-4-3-5-21(22)23(26)24-17-7-9-18(30-2)10-8-17/h3-14,25H,15-16H2,1-2H3,(H,24,26). The third-order valence-corrected chi connectivity index (χ3v) is 5.84. The number of benzene rings is 3. The lowest BCUT2D eigenvalue weighted by molar-refractivity contribution is 0.102. The average Bonchev–Trinajstić information content (AvgIpc) is 2.80. The number of hydrogen-bond acceptors (Lipinski definition) is 6. The van der Waals surface area contributed by atoms with Crippen molar-refractivity contribution in [1.29, 1.82) is 0 Å². The fraction of sp³-hybridized carbons (Fsp3) is 0.174. The van der Waals surface area contributed by atoms with Crippen molar-refractivity contribution < 1.29 is 27.4 Å². The minimum atomic E-state index is -3.92. The van der Waals surface area contributed by atoms with Crippen LogP contribution in [0, 0.1) is 0 Å². The van der Waals surface area contributed by atoms with Crippen LogP contribution in [0.4, 0.5) is 11.4 Å². The van der Waals surface area contributed by atoms with Gasteiger partial charge in [0.2, 0.25) is 0 Å². The largest absolute Gasteiger partial charge is 0.497 e. The van der Waals surface area contributed by atoms with Gasteiger partial charge in [-0.25, -0.2) is 8.42 Å². The van der Waals surface area contributed by atoms with E-state index in [1.807, 2.05) is 0 Å². The predicted octanol–water partition coefficient (Wildman–Crippen LogP) is 3.77. The SMILES string of the molecule is COCCOc1ccc(S(=O)(=O)Nc2ccccc2C(=O)Nc2ccc(OC)cc2)cc1. The van der Waals surface area contributed by atoms with Crippen molar-refractivity contribution in [3.05, 3.63) is 78.4 Å². The highest BCUT2D eigenvalue weighted by molar-refractivity contribution is 7.92. The highest BCUT2D eigenvalue weighted by Crippen LogP contribution is 2.23. The van der Waals surface area contributed by atoms with Crippen molar-refractivity contribution >= 4 is 27.3 Å². The molecule has 0 aliphatic heterocycles. The minimum absolute atomic E-state index is 0.0435. The summed E-state index contributed by atoms with van der Waals surface area (Å²) >= 11 is 0. The molecule has 0 unspecified atom stereocenters. The number of carbonyl (C=O) groups is 1. The average molecular weight is 457 g/mol. The summed E-state index contributed by atoms with van der Waals surface area (Å²) in [6, 6.07) is 19.2. The van der Waals surface area contributed by atoms with Crippen molar-refractivity contribution in [2.75, 3.05) is 37.5 Å². The molecule has 1 amide bonds. The van der Waals surface area contributed by atoms with Crippen LogP contribution in [0.3, 0.4) is 0 Å². The van der Waals surface area contributed by atoms with Gasteiger partial charge in [-0.1, -0.05) is 12.1 Å². The first kappa shape index (κ1) is 23.1. The molecule has 0 aliphatic rings. The molecule has 32 heavy (non-hydrogen) atoms. The van der Waals surface area contributed by atoms with E-state index in [2.05, 4.69) is 10.0 Å². The molecule has 168 valence electrons. The quantitative estimate of drug-likeness (QED) is 0.450. The molecule has 9 heteroatoms. The Labute approximate surface area is 187 Å². The zero-order chi connectivity index (χ0) is 23.0. The van der Waals surface area contributed by atoms with Gasteiger partial charge >= 0.3 is 0 Å². The van der Waals surface area contributed by atoms with Crippen LogP contribution in [0.25, 0.3) is 0 Å². The van der Waals surface area contributed by atoms with Gasteiger partial charge in [-0.2, -0.15) is 0 Å². The van der Waals surface area contributed by atoms with Crippen LogP contribution in [-0.4, -0.2) is 41.8 Å². The molecule has 0 saturated carbocycles. The molecule has 3 rings (SSSR count). The summed E-state index contributed by atoms with van der Waals surface area (Å²) in [5.41, 5.74) is 0.905. The van der Waals surface area contributed by atoms with Crippen molar-refractivity contribution in [1.82, 2.24) is 0 Å². The summed E-state index contributed by atoms with van der Waals surface area (Å²) in [7, 11) is -0.797. The van der Waals surface area contributed by atoms with Gasteiger partial charge in [-0.15, -0.1) is 0 Å². The second kappa shape index (κ2) is 10.7. The Morgan fingerprint density at radius 3 is 2.16 bits per heavy atom. The van der Waals surface area contributed by atoms with Crippen LogP contribution in [0.15, 0.2) is 77.7 Å². The van der Waals surface area contributed by atoms with Gasteiger partial charge in [0, 0.05) is 12.8 Å². The maximum Gasteiger partial charge on any atom is 0.261 e. The van der Waals surface area contributed by atoms with Crippen LogP contribution in [0.5, 0.6) is 11.5 Å². The highest BCUT2D eigenvalue weighted by Gasteiger charge is 2.19. The molecular weight excluding hydrogens is 432 g/mol. The maximum absolute atomic E-state index is 12.9. The molecule has 8 nitrogen and oxygen atoms in total. The zero-order valence-electron chi connectivity index (χ0n) is 17.7. The molecule has 3 aromatic rings. The number of amides is 1. The molecule has 0 atom stereocenters. The van der Waals surface area contributed by atoms with Gasteiger partial charge in [0.25, 0.3) is 15.9 Å². The van der Waals surface area contributed by atoms with Crippen LogP contribution in [0.2, 0.25) is 0 Å². The lowest BCUT2D eigenvalue weighted by Gasteiger charge is -2.13. The third-order valence-electron chi connectivity index (χ3n) is 4.45. The number of para-hydroxylation sites is 1. The van der Waals surface area contributed by atoms with E-state index in [1.165, 1.54) is 18.2 Å². The normalized spacial score (nSPS) is 10.9. The Hall–Kier alpha value is -3.56. The van der Waals surface area contributed by atoms with Gasteiger partial charge < -0.3 is 19.5 Å². The fourth-order valence-electron chi connectivity index (χ4n) is 2.80. The first-order valence-corrected chi connectivity index (χ1v) is 11.2. The Morgan fingerprint density at radius 1 is 0.844 bits per heavy atom. The third kappa shape index (κ3) is 5.99. The van der Waals surface area contributed by atoms with Gasteiger partial charge in [0.05, 0.1) is 29.9 Å². The van der Waals surface area contributed by atoms with E-state index in [0.29, 0.717) is 30.4 Å². The molecule has 0 aromatic heterocycles. The molecule has 2 N–H and O–H groups in total. The molecule has 0 radical (unpaired) electrons. The number of sulfonamides is 1. The van der Waals surface area contributed by atoms with Gasteiger partial charge in [0.15, 0.2) is 0 Å². The summed E-state index contributed by atoms with van der Waals surface area (Å²) in [5.74, 6) is 0.738. The van der Waals surface area contributed by atoms with Gasteiger partial charge in [0.1, 0.15) is 18.1 Å². The zero-order valence-corrected chi connectivity index (χ0v) is 18.5. The first-order chi connectivity index (χ1) is 15.4. The van der Waals surface area contributed by atoms with E-state index in [1.54, 1.807) is 68.8 Å². The Morgan fingerprint density at radius 2 is 1.50 bits per heavy atom. The van der Waals surface area contributed by atoms with Crippen molar-refractivity contribution in [3.8, 4) is 11.5 Å². The Bertz CT molecular complexity index is 1150. The molecule has 0 bridgehead atoms. The molecule has 0 spiro atoms. The fourth-order valence-corrected chi connectivity index (χ4v) is 3.88. The topological polar surface area (TPSA) is 103 Å². The monoisotopic (exact) mass is 456 g/mol. The number of methoxy groups -OCH3 is 2. The van der Waals surface area contributed by atoms with E-state index in [-0.39, 0.29) is 16.1 Å². The molecule has 0 fully saturated rings. The summed E-state index contributed by atoms with van der Waals surface area (Å²) in [5, 5.41) is 2.75. The van der Waals surface area contributed by atoms with Crippen LogP contribution in [-0.2, 0) is 14.8 Å². The molecule has 0 aliphatic carbocycles. The highest BCUT2D eigenvalue weighted by atomic mass is 32.2. The van der Waals surface area contributed by atoms with E-state index >= 15 is 0 Å². The Balaban J connectivity index is 1.75. The minimum Gasteiger partial charge on any atom is -0.497 e. The predicted molar refractivity (Wildman–Crippen MR) is 122 cm³/mol. The van der Waals surface area contributed by atoms with E-state index in [9.17, 15) is 13.2 Å². The lowest BCUT2D eigenvalue weighted by atomic mass is 10.1. The number of ether oxygens (including phenoxy) is 3. The number of anilines is 2. The van der Waals surface area contributed by atoms with E-state index in [4.69, 9.17) is 14.2 Å². The molecule has 0 heterocycles. The van der Waals surface area contributed by atoms with Gasteiger partial charge in [-0.3, -0.25) is 9.52 Å². The van der Waals surface area contributed by atoms with E-state index < -0.39 is 15.9 Å². The molecule has 3 aromatic carbocycles. The number of carbonyl (C=O) groups excluding carboxylic acids is 1. The molecule has 0 saturated heterocycles. The van der Waals surface area contributed by atoms with Crippen molar-refractivity contribution in [3.63, 3.8) is 0 Å². The summed E-state index contributed by atoms with van der Waals surface area (Å²) < 4.78 is 43.7. The summed E-state index contributed by atoms with van der Waals surface area (Å²) in [6.45, 7) is 0.786. The van der Waals surface area contributed by atoms with E-state index in [0.717, 1.165) is 0 Å². The van der Waals surface area contributed by atoms with Crippen molar-refractivity contribution in [2.45, 2.75) is 4.90 Å². The number of hydrogen-bond donors (Lipinski definition) is 2.